The summed E-state index contributed by atoms with van der Waals surface area (Å²) < 4.78 is 2.26. The smallest absolute Gasteiger partial charge is 0.0961 e. The Balaban J connectivity index is 2.41. The molecule has 1 aromatic carbocycles. The second kappa shape index (κ2) is 4.45. The van der Waals surface area contributed by atoms with E-state index in [2.05, 4.69) is 40.0 Å². The van der Waals surface area contributed by atoms with Crippen molar-refractivity contribution in [3.63, 3.8) is 0 Å². The van der Waals surface area contributed by atoms with Crippen LogP contribution >= 0.6 is 0 Å². The molecule has 2 aromatic rings. The molecule has 80 valence electrons. The SMILES string of the molecule is CCC(CNC)n1cnc2ccccc21. The highest BCUT2D eigenvalue weighted by Crippen LogP contribution is 2.18. The zero-order valence-corrected chi connectivity index (χ0v) is 9.27. The molecule has 0 aliphatic rings. The van der Waals surface area contributed by atoms with Gasteiger partial charge in [0.05, 0.1) is 17.4 Å². The molecule has 1 atom stereocenters. The zero-order chi connectivity index (χ0) is 10.7. The largest absolute Gasteiger partial charge is 0.326 e. The van der Waals surface area contributed by atoms with Gasteiger partial charge in [0.15, 0.2) is 0 Å². The van der Waals surface area contributed by atoms with Crippen molar-refractivity contribution in [1.29, 1.82) is 0 Å². The second-order valence-corrected chi connectivity index (χ2v) is 3.76. The van der Waals surface area contributed by atoms with Crippen molar-refractivity contribution < 1.29 is 0 Å². The molecule has 0 fully saturated rings. The molecular formula is C12H17N3. The molecular weight excluding hydrogens is 186 g/mol. The molecule has 0 aliphatic heterocycles. The Morgan fingerprint density at radius 2 is 2.20 bits per heavy atom. The fourth-order valence-corrected chi connectivity index (χ4v) is 1.94. The van der Waals surface area contributed by atoms with Crippen LogP contribution in [-0.4, -0.2) is 23.1 Å². The monoisotopic (exact) mass is 203 g/mol. The van der Waals surface area contributed by atoms with E-state index in [0.717, 1.165) is 18.5 Å². The highest BCUT2D eigenvalue weighted by Gasteiger charge is 2.10. The Bertz CT molecular complexity index is 433. The minimum atomic E-state index is 0.488. The first-order valence-corrected chi connectivity index (χ1v) is 5.43. The standard InChI is InChI=1S/C12H17N3/c1-3-10(8-13-2)15-9-14-11-6-4-5-7-12(11)15/h4-7,9-10,13H,3,8H2,1-2H3. The van der Waals surface area contributed by atoms with Crippen molar-refractivity contribution in [2.45, 2.75) is 19.4 Å². The molecule has 0 saturated heterocycles. The van der Waals surface area contributed by atoms with Gasteiger partial charge >= 0.3 is 0 Å². The number of fused-ring (bicyclic) bond motifs is 1. The van der Waals surface area contributed by atoms with Gasteiger partial charge in [0.2, 0.25) is 0 Å². The number of nitrogens with zero attached hydrogens (tertiary/aromatic N) is 2. The summed E-state index contributed by atoms with van der Waals surface area (Å²) >= 11 is 0. The van der Waals surface area contributed by atoms with Crippen LogP contribution in [0.15, 0.2) is 30.6 Å². The summed E-state index contributed by atoms with van der Waals surface area (Å²) in [5, 5.41) is 3.22. The molecule has 0 aliphatic carbocycles. The van der Waals surface area contributed by atoms with Crippen molar-refractivity contribution in [2.75, 3.05) is 13.6 Å². The predicted octanol–water partition coefficient (Wildman–Crippen LogP) is 2.21. The van der Waals surface area contributed by atoms with Gasteiger partial charge in [0, 0.05) is 12.6 Å². The molecule has 2 rings (SSSR count). The third-order valence-electron chi connectivity index (χ3n) is 2.79. The van der Waals surface area contributed by atoms with Crippen LogP contribution in [-0.2, 0) is 0 Å². The maximum atomic E-state index is 4.40. The topological polar surface area (TPSA) is 29.9 Å². The number of hydrogen-bond donors (Lipinski definition) is 1. The number of rotatable bonds is 4. The van der Waals surface area contributed by atoms with Gasteiger partial charge in [0.1, 0.15) is 0 Å². The quantitative estimate of drug-likeness (QED) is 0.825. The molecule has 0 saturated carbocycles. The molecule has 15 heavy (non-hydrogen) atoms. The Kier molecular flexibility index (Phi) is 3.02. The third kappa shape index (κ3) is 1.88. The number of benzene rings is 1. The zero-order valence-electron chi connectivity index (χ0n) is 9.27. The average molecular weight is 203 g/mol. The van der Waals surface area contributed by atoms with Crippen molar-refractivity contribution >= 4 is 11.0 Å². The van der Waals surface area contributed by atoms with Crippen LogP contribution in [0.3, 0.4) is 0 Å². The van der Waals surface area contributed by atoms with E-state index in [1.165, 1.54) is 5.52 Å². The van der Waals surface area contributed by atoms with Crippen molar-refractivity contribution in [1.82, 2.24) is 14.9 Å². The van der Waals surface area contributed by atoms with E-state index in [1.807, 2.05) is 19.4 Å². The van der Waals surface area contributed by atoms with Gasteiger partial charge in [-0.3, -0.25) is 0 Å². The Morgan fingerprint density at radius 3 is 2.93 bits per heavy atom. The van der Waals surface area contributed by atoms with Gasteiger partial charge in [-0.15, -0.1) is 0 Å². The van der Waals surface area contributed by atoms with E-state index in [-0.39, 0.29) is 0 Å². The fourth-order valence-electron chi connectivity index (χ4n) is 1.94. The van der Waals surface area contributed by atoms with Gasteiger partial charge < -0.3 is 9.88 Å². The lowest BCUT2D eigenvalue weighted by Gasteiger charge is -2.16. The minimum absolute atomic E-state index is 0.488. The van der Waals surface area contributed by atoms with Gasteiger partial charge in [0.25, 0.3) is 0 Å². The highest BCUT2D eigenvalue weighted by molar-refractivity contribution is 5.75. The number of likely N-dealkylation sites (N-methyl/N-ethyl adjacent to an activating group) is 1. The first-order chi connectivity index (χ1) is 7.36. The summed E-state index contributed by atoms with van der Waals surface area (Å²) in [6.07, 6.45) is 3.05. The van der Waals surface area contributed by atoms with Crippen LogP contribution in [0.5, 0.6) is 0 Å². The highest BCUT2D eigenvalue weighted by atomic mass is 15.1. The van der Waals surface area contributed by atoms with E-state index < -0.39 is 0 Å². The normalized spacial score (nSPS) is 13.2. The van der Waals surface area contributed by atoms with E-state index in [4.69, 9.17) is 0 Å². The van der Waals surface area contributed by atoms with Crippen LogP contribution in [0.2, 0.25) is 0 Å². The lowest BCUT2D eigenvalue weighted by molar-refractivity contribution is 0.475. The van der Waals surface area contributed by atoms with Crippen molar-refractivity contribution in [3.05, 3.63) is 30.6 Å². The number of para-hydroxylation sites is 2. The molecule has 1 heterocycles. The van der Waals surface area contributed by atoms with Gasteiger partial charge in [-0.05, 0) is 25.6 Å². The number of aromatic nitrogens is 2. The number of imidazole rings is 1. The molecule has 1 N–H and O–H groups in total. The lowest BCUT2D eigenvalue weighted by Crippen LogP contribution is -2.21. The van der Waals surface area contributed by atoms with Crippen LogP contribution in [0, 0.1) is 0 Å². The van der Waals surface area contributed by atoms with Gasteiger partial charge in [-0.1, -0.05) is 19.1 Å². The Morgan fingerprint density at radius 1 is 1.40 bits per heavy atom. The predicted molar refractivity (Wildman–Crippen MR) is 63.0 cm³/mol. The van der Waals surface area contributed by atoms with Crippen LogP contribution < -0.4 is 5.32 Å². The Hall–Kier alpha value is -1.35. The lowest BCUT2D eigenvalue weighted by atomic mass is 10.2. The molecule has 0 bridgehead atoms. The molecule has 1 unspecified atom stereocenters. The molecule has 3 nitrogen and oxygen atoms in total. The fraction of sp³-hybridized carbons (Fsp3) is 0.417. The second-order valence-electron chi connectivity index (χ2n) is 3.76. The number of hydrogen-bond acceptors (Lipinski definition) is 2. The van der Waals surface area contributed by atoms with Crippen molar-refractivity contribution in [3.8, 4) is 0 Å². The minimum Gasteiger partial charge on any atom is -0.326 e. The first kappa shape index (κ1) is 10.2. The maximum Gasteiger partial charge on any atom is 0.0961 e. The third-order valence-corrected chi connectivity index (χ3v) is 2.79. The molecule has 0 amide bonds. The van der Waals surface area contributed by atoms with Gasteiger partial charge in [-0.2, -0.15) is 0 Å². The average Bonchev–Trinajstić information content (AvgIpc) is 2.70. The maximum absolute atomic E-state index is 4.40. The Labute approximate surface area is 90.1 Å². The van der Waals surface area contributed by atoms with Crippen LogP contribution in [0.25, 0.3) is 11.0 Å². The summed E-state index contributed by atoms with van der Waals surface area (Å²) in [5.74, 6) is 0. The molecule has 0 spiro atoms. The van der Waals surface area contributed by atoms with Gasteiger partial charge in [-0.25, -0.2) is 4.98 Å². The molecule has 1 aromatic heterocycles. The van der Waals surface area contributed by atoms with Crippen molar-refractivity contribution in [2.24, 2.45) is 0 Å². The van der Waals surface area contributed by atoms with Crippen LogP contribution in [0.4, 0.5) is 0 Å². The number of nitrogens with one attached hydrogen (secondary N) is 1. The summed E-state index contributed by atoms with van der Waals surface area (Å²) in [6, 6.07) is 8.76. The summed E-state index contributed by atoms with van der Waals surface area (Å²) in [5.41, 5.74) is 2.30. The summed E-state index contributed by atoms with van der Waals surface area (Å²) in [4.78, 5) is 4.40. The molecule has 3 heteroatoms. The van der Waals surface area contributed by atoms with E-state index in [1.54, 1.807) is 0 Å². The molecule has 0 radical (unpaired) electrons. The van der Waals surface area contributed by atoms with E-state index in [0.29, 0.717) is 6.04 Å². The van der Waals surface area contributed by atoms with Crippen LogP contribution in [0.1, 0.15) is 19.4 Å². The van der Waals surface area contributed by atoms with E-state index >= 15 is 0 Å². The van der Waals surface area contributed by atoms with E-state index in [9.17, 15) is 0 Å². The first-order valence-electron chi connectivity index (χ1n) is 5.43. The summed E-state index contributed by atoms with van der Waals surface area (Å²) in [6.45, 7) is 3.19. The summed E-state index contributed by atoms with van der Waals surface area (Å²) in [7, 11) is 1.99.